The number of anilines is 1. The number of nitriles is 1. The fraction of sp³-hybridized carbons (Fsp3) is 0.200. The first kappa shape index (κ1) is 19.7. The van der Waals surface area contributed by atoms with E-state index < -0.39 is 10.8 Å². The zero-order valence-corrected chi connectivity index (χ0v) is 15.7. The minimum atomic E-state index is -0.777. The summed E-state index contributed by atoms with van der Waals surface area (Å²) < 4.78 is 15.9. The minimum Gasteiger partial charge on any atom is -0.496 e. The van der Waals surface area contributed by atoms with Crippen LogP contribution in [0.15, 0.2) is 35.9 Å². The smallest absolute Gasteiger partial charge is 0.296 e. The van der Waals surface area contributed by atoms with Crippen molar-refractivity contribution in [2.75, 3.05) is 25.6 Å². The number of carbonyl (C=O) groups excluding carboxylic acids is 1. The van der Waals surface area contributed by atoms with Crippen LogP contribution in [0.3, 0.4) is 0 Å². The molecule has 0 spiro atoms. The molecule has 0 radical (unpaired) electrons. The van der Waals surface area contributed by atoms with Crippen LogP contribution in [0.5, 0.6) is 17.2 Å². The summed E-state index contributed by atoms with van der Waals surface area (Å²) in [5.41, 5.74) is 0.795. The van der Waals surface area contributed by atoms with Gasteiger partial charge in [0, 0.05) is 6.07 Å². The van der Waals surface area contributed by atoms with Gasteiger partial charge in [0.15, 0.2) is 11.5 Å². The van der Waals surface area contributed by atoms with Gasteiger partial charge in [-0.05, 0) is 36.3 Å². The quantitative estimate of drug-likeness (QED) is 0.357. The molecule has 1 heterocycles. The lowest BCUT2D eigenvalue weighted by Crippen LogP contribution is -2.18. The van der Waals surface area contributed by atoms with Gasteiger partial charge in [0.05, 0.1) is 18.1 Å². The summed E-state index contributed by atoms with van der Waals surface area (Å²) in [7, 11) is 1.55. The van der Waals surface area contributed by atoms with Crippen LogP contribution in [0.4, 0.5) is 11.4 Å². The Labute approximate surface area is 166 Å². The lowest BCUT2D eigenvalue weighted by atomic mass is 10.1. The topological polar surface area (TPSA) is 124 Å². The molecule has 2 aromatic carbocycles. The third-order valence-electron chi connectivity index (χ3n) is 4.20. The zero-order chi connectivity index (χ0) is 21.0. The van der Waals surface area contributed by atoms with Crippen molar-refractivity contribution < 1.29 is 23.9 Å². The van der Waals surface area contributed by atoms with Crippen molar-refractivity contribution in [1.82, 2.24) is 0 Å². The van der Waals surface area contributed by atoms with Crippen LogP contribution in [0.25, 0.3) is 6.08 Å². The van der Waals surface area contributed by atoms with Gasteiger partial charge in [-0.15, -0.1) is 0 Å². The van der Waals surface area contributed by atoms with Gasteiger partial charge in [-0.2, -0.15) is 5.26 Å². The maximum absolute atomic E-state index is 12.6. The van der Waals surface area contributed by atoms with E-state index in [1.165, 1.54) is 18.2 Å². The zero-order valence-electron chi connectivity index (χ0n) is 15.7. The number of hydrogen-bond donors (Lipinski definition) is 1. The van der Waals surface area contributed by atoms with E-state index in [1.54, 1.807) is 25.3 Å². The second kappa shape index (κ2) is 8.31. The summed E-state index contributed by atoms with van der Waals surface area (Å²) in [5.74, 6) is 0.411. The van der Waals surface area contributed by atoms with Crippen molar-refractivity contribution >= 4 is 23.4 Å². The first-order valence-corrected chi connectivity index (χ1v) is 8.58. The number of nitrogens with one attached hydrogen (secondary N) is 1. The molecule has 2 aromatic rings. The van der Waals surface area contributed by atoms with Crippen LogP contribution in [-0.2, 0) is 4.79 Å². The predicted octanol–water partition coefficient (Wildman–Crippen LogP) is 3.23. The van der Waals surface area contributed by atoms with E-state index in [9.17, 15) is 20.2 Å². The first-order valence-electron chi connectivity index (χ1n) is 8.58. The van der Waals surface area contributed by atoms with Gasteiger partial charge in [-0.3, -0.25) is 14.9 Å². The van der Waals surface area contributed by atoms with Crippen molar-refractivity contribution in [3.8, 4) is 23.3 Å². The van der Waals surface area contributed by atoms with E-state index in [1.807, 2.05) is 13.0 Å². The molecule has 1 aliphatic heterocycles. The molecule has 0 aliphatic carbocycles. The van der Waals surface area contributed by atoms with Crippen molar-refractivity contribution in [3.05, 3.63) is 57.1 Å². The van der Waals surface area contributed by atoms with Crippen molar-refractivity contribution in [2.24, 2.45) is 0 Å². The number of nitrogens with zero attached hydrogens (tertiary/aromatic N) is 2. The van der Waals surface area contributed by atoms with Gasteiger partial charge in [0.1, 0.15) is 36.3 Å². The number of methoxy groups -OCH3 is 1. The molecular formula is C20H17N3O6. The largest absolute Gasteiger partial charge is 0.496 e. The normalized spacial score (nSPS) is 12.7. The van der Waals surface area contributed by atoms with Gasteiger partial charge in [-0.1, -0.05) is 6.07 Å². The van der Waals surface area contributed by atoms with E-state index in [-0.39, 0.29) is 35.1 Å². The second-order valence-electron chi connectivity index (χ2n) is 6.12. The van der Waals surface area contributed by atoms with Gasteiger partial charge in [0.25, 0.3) is 11.6 Å². The van der Waals surface area contributed by atoms with Crippen LogP contribution in [0.1, 0.15) is 11.1 Å². The molecule has 9 heteroatoms. The molecule has 1 aliphatic rings. The number of hydrogen-bond acceptors (Lipinski definition) is 7. The van der Waals surface area contributed by atoms with Crippen molar-refractivity contribution in [3.63, 3.8) is 0 Å². The number of nitro groups is 1. The first-order chi connectivity index (χ1) is 13.9. The number of carbonyl (C=O) groups is 1. The summed E-state index contributed by atoms with van der Waals surface area (Å²) in [6, 6.07) is 9.50. The minimum absolute atomic E-state index is 0.0867. The van der Waals surface area contributed by atoms with Gasteiger partial charge >= 0.3 is 0 Å². The van der Waals surface area contributed by atoms with E-state index in [2.05, 4.69) is 5.32 Å². The van der Waals surface area contributed by atoms with Gasteiger partial charge in [0.2, 0.25) is 0 Å². The summed E-state index contributed by atoms with van der Waals surface area (Å²) in [4.78, 5) is 23.3. The Morgan fingerprint density at radius 3 is 2.55 bits per heavy atom. The SMILES string of the molecule is COc1ccc(/C=C(\C#N)C(=O)Nc2cc3c(cc2[N+](=O)[O-])OCCO3)cc1C. The highest BCUT2D eigenvalue weighted by Crippen LogP contribution is 2.39. The third-order valence-corrected chi connectivity index (χ3v) is 4.20. The fourth-order valence-corrected chi connectivity index (χ4v) is 2.83. The molecule has 0 aromatic heterocycles. The maximum atomic E-state index is 12.6. The highest BCUT2D eigenvalue weighted by molar-refractivity contribution is 6.10. The maximum Gasteiger partial charge on any atom is 0.296 e. The van der Waals surface area contributed by atoms with Crippen LogP contribution >= 0.6 is 0 Å². The Hall–Kier alpha value is -4.06. The molecule has 0 saturated heterocycles. The Bertz CT molecular complexity index is 1050. The average Bonchev–Trinajstić information content (AvgIpc) is 2.71. The van der Waals surface area contributed by atoms with Crippen LogP contribution in [-0.4, -0.2) is 31.2 Å². The number of ether oxygens (including phenoxy) is 3. The molecule has 3 rings (SSSR count). The number of amides is 1. The summed E-state index contributed by atoms with van der Waals surface area (Å²) in [6.07, 6.45) is 1.39. The second-order valence-corrected chi connectivity index (χ2v) is 6.12. The number of rotatable bonds is 5. The lowest BCUT2D eigenvalue weighted by molar-refractivity contribution is -0.384. The molecule has 148 valence electrons. The third kappa shape index (κ3) is 4.27. The highest BCUT2D eigenvalue weighted by atomic mass is 16.6. The molecule has 1 N–H and O–H groups in total. The number of fused-ring (bicyclic) bond motifs is 1. The van der Waals surface area contributed by atoms with E-state index in [0.717, 1.165) is 5.56 Å². The summed E-state index contributed by atoms with van der Waals surface area (Å²) in [5, 5.41) is 23.2. The van der Waals surface area contributed by atoms with Crippen molar-refractivity contribution in [1.29, 1.82) is 5.26 Å². The molecule has 0 fully saturated rings. The van der Waals surface area contributed by atoms with Gasteiger partial charge in [-0.25, -0.2) is 0 Å². The van der Waals surface area contributed by atoms with E-state index in [0.29, 0.717) is 17.9 Å². The molecular weight excluding hydrogens is 378 g/mol. The Morgan fingerprint density at radius 1 is 1.28 bits per heavy atom. The Kier molecular flexibility index (Phi) is 5.64. The summed E-state index contributed by atoms with van der Waals surface area (Å²) >= 11 is 0. The summed E-state index contributed by atoms with van der Waals surface area (Å²) in [6.45, 7) is 2.40. The Balaban J connectivity index is 1.91. The van der Waals surface area contributed by atoms with Crippen LogP contribution in [0, 0.1) is 28.4 Å². The predicted molar refractivity (Wildman–Crippen MR) is 104 cm³/mol. The highest BCUT2D eigenvalue weighted by Gasteiger charge is 2.24. The van der Waals surface area contributed by atoms with E-state index in [4.69, 9.17) is 14.2 Å². The van der Waals surface area contributed by atoms with E-state index >= 15 is 0 Å². The number of aryl methyl sites for hydroxylation is 1. The molecule has 9 nitrogen and oxygen atoms in total. The van der Waals surface area contributed by atoms with Crippen LogP contribution in [0.2, 0.25) is 0 Å². The molecule has 0 atom stereocenters. The molecule has 0 unspecified atom stereocenters. The Morgan fingerprint density at radius 2 is 1.97 bits per heavy atom. The number of nitro benzene ring substituents is 1. The molecule has 0 bridgehead atoms. The molecule has 0 saturated carbocycles. The average molecular weight is 395 g/mol. The standard InChI is InChI=1S/C20H17N3O6/c1-12-7-13(3-4-17(12)27-2)8-14(11-21)20(24)22-15-9-18-19(29-6-5-28-18)10-16(15)23(25)26/h3-4,7-10H,5-6H2,1-2H3,(H,22,24)/b14-8+. The number of benzene rings is 2. The van der Waals surface area contributed by atoms with Gasteiger partial charge < -0.3 is 19.5 Å². The van der Waals surface area contributed by atoms with Crippen LogP contribution < -0.4 is 19.5 Å². The monoisotopic (exact) mass is 395 g/mol. The lowest BCUT2D eigenvalue weighted by Gasteiger charge is -2.19. The molecule has 1 amide bonds. The molecule has 29 heavy (non-hydrogen) atoms. The van der Waals surface area contributed by atoms with Crippen molar-refractivity contribution in [2.45, 2.75) is 6.92 Å². The fourth-order valence-electron chi connectivity index (χ4n) is 2.83.